The molecular formula is C19H24ClN7O2. The molecule has 0 fully saturated rings. The highest BCUT2D eigenvalue weighted by molar-refractivity contribution is 5.58. The maximum absolute atomic E-state index is 10.8. The van der Waals surface area contributed by atoms with Gasteiger partial charge in [-0.1, -0.05) is 0 Å². The number of halogens is 1. The van der Waals surface area contributed by atoms with E-state index in [-0.39, 0.29) is 29.3 Å². The molecule has 9 nitrogen and oxygen atoms in total. The van der Waals surface area contributed by atoms with E-state index >= 15 is 0 Å². The van der Waals surface area contributed by atoms with Crippen LogP contribution in [0, 0.1) is 21.4 Å². The molecule has 0 aliphatic carbocycles. The fourth-order valence-electron chi connectivity index (χ4n) is 2.50. The molecule has 2 N–H and O–H groups in total. The number of azo groups is 1. The highest BCUT2D eigenvalue weighted by Crippen LogP contribution is 2.27. The lowest BCUT2D eigenvalue weighted by Gasteiger charge is -2.28. The highest BCUT2D eigenvalue weighted by Gasteiger charge is 2.13. The van der Waals surface area contributed by atoms with Crippen molar-refractivity contribution < 1.29 is 21.9 Å². The number of nitrogens with two attached hydrogens (primary N) is 1. The summed E-state index contributed by atoms with van der Waals surface area (Å²) in [5.41, 5.74) is 1.92. The van der Waals surface area contributed by atoms with Crippen molar-refractivity contribution >= 4 is 22.7 Å². The molecule has 0 amide bonds. The van der Waals surface area contributed by atoms with Crippen molar-refractivity contribution in [1.82, 2.24) is 0 Å². The fourth-order valence-corrected chi connectivity index (χ4v) is 2.50. The van der Waals surface area contributed by atoms with E-state index in [4.69, 9.17) is 11.1 Å². The van der Waals surface area contributed by atoms with Gasteiger partial charge in [0, 0.05) is 24.4 Å². The molecule has 0 aliphatic rings. The van der Waals surface area contributed by atoms with Crippen molar-refractivity contribution in [3.8, 4) is 6.07 Å². The van der Waals surface area contributed by atoms with E-state index in [0.717, 1.165) is 25.3 Å². The maximum atomic E-state index is 10.8. The smallest absolute Gasteiger partial charge is 0.270 e. The van der Waals surface area contributed by atoms with E-state index in [9.17, 15) is 10.1 Å². The Kier molecular flexibility index (Phi) is 8.66. The third-order valence-corrected chi connectivity index (χ3v) is 4.13. The number of rotatable bonds is 8. The van der Waals surface area contributed by atoms with Crippen LogP contribution in [-0.4, -0.2) is 43.2 Å². The van der Waals surface area contributed by atoms with E-state index in [1.165, 1.54) is 18.2 Å². The molecule has 0 radical (unpaired) electrons. The van der Waals surface area contributed by atoms with E-state index in [1.54, 1.807) is 0 Å². The summed E-state index contributed by atoms with van der Waals surface area (Å²) in [7, 11) is 3.90. The second kappa shape index (κ2) is 10.5. The number of anilines is 1. The molecule has 2 rings (SSSR count). The molecule has 0 heterocycles. The summed E-state index contributed by atoms with van der Waals surface area (Å²) < 4.78 is 0.402. The Labute approximate surface area is 176 Å². The standard InChI is InChI=1S/C19H24N7O2.ClH/c1-4-24(11-12-26(2,3)21)17-7-5-16(6-8-17)22-23-19-10-9-18(25(27)28)13-15(19)14-20;/h5-10,13H,4,11-12,21H2,1-3H3;1H/q+1;/p-1. The minimum Gasteiger partial charge on any atom is -1.00 e. The van der Waals surface area contributed by atoms with Gasteiger partial charge in [0.15, 0.2) is 0 Å². The van der Waals surface area contributed by atoms with Crippen LogP contribution in [0.4, 0.5) is 22.7 Å². The van der Waals surface area contributed by atoms with Crippen molar-refractivity contribution in [1.29, 1.82) is 5.26 Å². The van der Waals surface area contributed by atoms with Crippen LogP contribution < -0.4 is 23.1 Å². The van der Waals surface area contributed by atoms with E-state index in [2.05, 4.69) is 22.1 Å². The summed E-state index contributed by atoms with van der Waals surface area (Å²) in [5.74, 6) is 6.01. The lowest BCUT2D eigenvalue weighted by molar-refractivity contribution is -0.900. The summed E-state index contributed by atoms with van der Waals surface area (Å²) in [6.07, 6.45) is 0. The molecule has 0 bridgehead atoms. The Morgan fingerprint density at radius 2 is 1.86 bits per heavy atom. The van der Waals surface area contributed by atoms with Gasteiger partial charge >= 0.3 is 0 Å². The predicted molar refractivity (Wildman–Crippen MR) is 107 cm³/mol. The SMILES string of the molecule is CCN(CC[N+](C)(C)N)c1ccc(N=Nc2ccc([N+](=O)[O-])cc2C#N)cc1.[Cl-]. The van der Waals surface area contributed by atoms with E-state index in [0.29, 0.717) is 10.3 Å². The van der Waals surface area contributed by atoms with Gasteiger partial charge in [-0.05, 0) is 37.3 Å². The van der Waals surface area contributed by atoms with Gasteiger partial charge in [-0.25, -0.2) is 0 Å². The average molecular weight is 418 g/mol. The number of nitrogens with zero attached hydrogens (tertiary/aromatic N) is 6. The number of nitro groups is 1. The number of likely N-dealkylation sites (N-methyl/N-ethyl adjacent to an activating group) is 2. The second-order valence-electron chi connectivity index (χ2n) is 6.87. The van der Waals surface area contributed by atoms with E-state index in [1.807, 2.05) is 44.4 Å². The zero-order chi connectivity index (χ0) is 20.7. The van der Waals surface area contributed by atoms with Crippen LogP contribution in [0.15, 0.2) is 52.7 Å². The number of nitro benzene ring substituents is 1. The number of non-ortho nitro benzene ring substituents is 1. The molecular weight excluding hydrogens is 394 g/mol. The molecule has 0 saturated heterocycles. The summed E-state index contributed by atoms with van der Waals surface area (Å²) in [5, 5.41) is 28.2. The second-order valence-corrected chi connectivity index (χ2v) is 6.87. The van der Waals surface area contributed by atoms with Crippen LogP contribution >= 0.6 is 0 Å². The van der Waals surface area contributed by atoms with Crippen molar-refractivity contribution in [2.75, 3.05) is 38.6 Å². The molecule has 0 aliphatic heterocycles. The lowest BCUT2D eigenvalue weighted by atomic mass is 10.2. The summed E-state index contributed by atoms with van der Waals surface area (Å²) in [4.78, 5) is 12.5. The summed E-state index contributed by atoms with van der Waals surface area (Å²) in [6, 6.07) is 13.4. The molecule has 0 aromatic heterocycles. The minimum absolute atomic E-state index is 0. The van der Waals surface area contributed by atoms with Crippen LogP contribution in [0.25, 0.3) is 0 Å². The Hall–Kier alpha value is -3.06. The molecule has 29 heavy (non-hydrogen) atoms. The Morgan fingerprint density at radius 1 is 1.21 bits per heavy atom. The maximum Gasteiger partial charge on any atom is 0.270 e. The molecule has 154 valence electrons. The lowest BCUT2D eigenvalue weighted by Crippen LogP contribution is -3.00. The normalized spacial score (nSPS) is 11.0. The molecule has 0 atom stereocenters. The molecule has 0 saturated carbocycles. The van der Waals surface area contributed by atoms with Gasteiger partial charge in [-0.15, -0.1) is 5.11 Å². The monoisotopic (exact) mass is 417 g/mol. The molecule has 10 heteroatoms. The van der Waals surface area contributed by atoms with E-state index < -0.39 is 4.92 Å². The van der Waals surface area contributed by atoms with Crippen molar-refractivity contribution in [2.24, 2.45) is 16.1 Å². The highest BCUT2D eigenvalue weighted by atomic mass is 35.5. The van der Waals surface area contributed by atoms with Gasteiger partial charge in [-0.2, -0.15) is 16.2 Å². The first-order valence-corrected chi connectivity index (χ1v) is 8.80. The molecule has 0 unspecified atom stereocenters. The van der Waals surface area contributed by atoms with Crippen LogP contribution in [0.2, 0.25) is 0 Å². The van der Waals surface area contributed by atoms with Crippen molar-refractivity contribution in [3.63, 3.8) is 0 Å². The van der Waals surface area contributed by atoms with Crippen molar-refractivity contribution in [3.05, 3.63) is 58.1 Å². The predicted octanol–water partition coefficient (Wildman–Crippen LogP) is 0.662. The fraction of sp³-hybridized carbons (Fsp3) is 0.316. The molecule has 2 aromatic rings. The Balaban J connectivity index is 0.00000420. The number of benzene rings is 2. The minimum atomic E-state index is -0.551. The van der Waals surface area contributed by atoms with Gasteiger partial charge < -0.3 is 17.3 Å². The number of hydrogen-bond donors (Lipinski definition) is 1. The van der Waals surface area contributed by atoms with Gasteiger partial charge in [0.1, 0.15) is 18.3 Å². The third kappa shape index (κ3) is 7.12. The Morgan fingerprint density at radius 3 is 2.38 bits per heavy atom. The third-order valence-electron chi connectivity index (χ3n) is 4.13. The largest absolute Gasteiger partial charge is 1.00 e. The first kappa shape index (κ1) is 24.0. The molecule has 2 aromatic carbocycles. The number of nitriles is 1. The number of quaternary nitrogens is 1. The van der Waals surface area contributed by atoms with Gasteiger partial charge in [-0.3, -0.25) is 14.7 Å². The topological polar surface area (TPSA) is 121 Å². The van der Waals surface area contributed by atoms with Gasteiger partial charge in [0.25, 0.3) is 5.69 Å². The van der Waals surface area contributed by atoms with Crippen LogP contribution in [0.5, 0.6) is 0 Å². The zero-order valence-corrected chi connectivity index (χ0v) is 17.4. The van der Waals surface area contributed by atoms with Crippen LogP contribution in [0.1, 0.15) is 12.5 Å². The molecule has 0 spiro atoms. The number of hydrogen-bond acceptors (Lipinski definition) is 7. The van der Waals surface area contributed by atoms with Gasteiger partial charge in [0.2, 0.25) is 0 Å². The summed E-state index contributed by atoms with van der Waals surface area (Å²) >= 11 is 0. The van der Waals surface area contributed by atoms with Crippen molar-refractivity contribution in [2.45, 2.75) is 6.92 Å². The summed E-state index contributed by atoms with van der Waals surface area (Å²) in [6.45, 7) is 4.58. The van der Waals surface area contributed by atoms with Crippen LogP contribution in [-0.2, 0) is 0 Å². The Bertz CT molecular complexity index is 902. The average Bonchev–Trinajstić information content (AvgIpc) is 2.66. The van der Waals surface area contributed by atoms with Crippen LogP contribution in [0.3, 0.4) is 0 Å². The quantitative estimate of drug-likeness (QED) is 0.222. The zero-order valence-electron chi connectivity index (χ0n) is 16.6. The first-order chi connectivity index (χ1) is 13.2. The van der Waals surface area contributed by atoms with Gasteiger partial charge in [0.05, 0.1) is 36.8 Å². The first-order valence-electron chi connectivity index (χ1n) is 8.80.